The molecule has 1 unspecified atom stereocenters. The summed E-state index contributed by atoms with van der Waals surface area (Å²) < 4.78 is 10.7. The molecule has 0 N–H and O–H groups in total. The van der Waals surface area contributed by atoms with E-state index < -0.39 is 5.63 Å². The predicted molar refractivity (Wildman–Crippen MR) is 106 cm³/mol. The summed E-state index contributed by atoms with van der Waals surface area (Å²) in [6, 6.07) is 11.8. The molecule has 1 amide bonds. The van der Waals surface area contributed by atoms with Gasteiger partial charge in [0.2, 0.25) is 0 Å². The Morgan fingerprint density at radius 2 is 2.07 bits per heavy atom. The molecule has 4 rings (SSSR count). The average molecular weight is 397 g/mol. The zero-order valence-electron chi connectivity index (χ0n) is 15.1. The van der Waals surface area contributed by atoms with Gasteiger partial charge in [-0.05, 0) is 42.5 Å². The Hall–Kier alpha value is -2.93. The molecule has 0 aliphatic carbocycles. The minimum atomic E-state index is -0.435. The highest BCUT2D eigenvalue weighted by Crippen LogP contribution is 2.24. The van der Waals surface area contributed by atoms with Crippen LogP contribution >= 0.6 is 11.3 Å². The van der Waals surface area contributed by atoms with E-state index >= 15 is 0 Å². The molecule has 1 aliphatic rings. The van der Waals surface area contributed by atoms with Gasteiger partial charge in [0.05, 0.1) is 4.88 Å². The quantitative estimate of drug-likeness (QED) is 0.487. The summed E-state index contributed by atoms with van der Waals surface area (Å²) in [6.07, 6.45) is 1.60. The number of benzene rings is 1. The van der Waals surface area contributed by atoms with Gasteiger partial charge in [0, 0.05) is 36.5 Å². The van der Waals surface area contributed by atoms with Crippen molar-refractivity contribution < 1.29 is 18.7 Å². The lowest BCUT2D eigenvalue weighted by Crippen LogP contribution is -2.44. The molecule has 0 saturated carbocycles. The lowest BCUT2D eigenvalue weighted by atomic mass is 9.93. The molecule has 0 spiro atoms. The van der Waals surface area contributed by atoms with Gasteiger partial charge in [0.15, 0.2) is 12.4 Å². The number of carbonyl (C=O) groups is 2. The number of fused-ring (bicyclic) bond motifs is 1. The van der Waals surface area contributed by atoms with Crippen LogP contribution in [-0.2, 0) is 4.79 Å². The van der Waals surface area contributed by atoms with E-state index in [0.29, 0.717) is 24.4 Å². The van der Waals surface area contributed by atoms with Gasteiger partial charge in [-0.1, -0.05) is 6.07 Å². The lowest BCUT2D eigenvalue weighted by molar-refractivity contribution is -0.134. The lowest BCUT2D eigenvalue weighted by Gasteiger charge is -2.31. The van der Waals surface area contributed by atoms with Crippen molar-refractivity contribution in [3.8, 4) is 5.75 Å². The Bertz CT molecular complexity index is 1060. The first-order chi connectivity index (χ1) is 13.6. The van der Waals surface area contributed by atoms with Crippen LogP contribution < -0.4 is 10.4 Å². The van der Waals surface area contributed by atoms with Gasteiger partial charge in [0.1, 0.15) is 11.3 Å². The molecule has 3 aromatic rings. The number of carbonyl (C=O) groups excluding carboxylic acids is 2. The summed E-state index contributed by atoms with van der Waals surface area (Å²) >= 11 is 1.43. The highest BCUT2D eigenvalue weighted by atomic mass is 32.1. The summed E-state index contributed by atoms with van der Waals surface area (Å²) in [4.78, 5) is 38.9. The minimum Gasteiger partial charge on any atom is -0.484 e. The number of ether oxygens (including phenoxy) is 1. The van der Waals surface area contributed by atoms with Crippen LogP contribution in [0.4, 0.5) is 0 Å². The second kappa shape index (κ2) is 7.98. The average Bonchev–Trinajstić information content (AvgIpc) is 3.26. The zero-order chi connectivity index (χ0) is 19.5. The van der Waals surface area contributed by atoms with Gasteiger partial charge in [0.25, 0.3) is 5.91 Å². The zero-order valence-corrected chi connectivity index (χ0v) is 15.9. The van der Waals surface area contributed by atoms with Crippen LogP contribution in [0.2, 0.25) is 0 Å². The first kappa shape index (κ1) is 18.4. The van der Waals surface area contributed by atoms with Crippen LogP contribution in [0.5, 0.6) is 5.75 Å². The first-order valence-corrected chi connectivity index (χ1v) is 10.0. The van der Waals surface area contributed by atoms with Gasteiger partial charge < -0.3 is 14.1 Å². The molecule has 1 fully saturated rings. The number of hydrogen-bond donors (Lipinski definition) is 0. The molecule has 0 bridgehead atoms. The van der Waals surface area contributed by atoms with Gasteiger partial charge in [-0.2, -0.15) is 0 Å². The Morgan fingerprint density at radius 1 is 1.21 bits per heavy atom. The number of hydrogen-bond acceptors (Lipinski definition) is 6. The van der Waals surface area contributed by atoms with E-state index in [4.69, 9.17) is 9.15 Å². The van der Waals surface area contributed by atoms with Crippen molar-refractivity contribution >= 4 is 34.0 Å². The van der Waals surface area contributed by atoms with Crippen molar-refractivity contribution in [3.63, 3.8) is 0 Å². The number of likely N-dealkylation sites (tertiary alicyclic amines) is 1. The van der Waals surface area contributed by atoms with Crippen molar-refractivity contribution in [1.82, 2.24) is 4.90 Å². The SMILES string of the molecule is O=C(c1cccs1)C1CCCN(C(=O)COc2ccc3ccc(=O)oc3c2)C1. The fraction of sp³-hybridized carbons (Fsp3) is 0.286. The number of nitrogens with zero attached hydrogens (tertiary/aromatic N) is 1. The fourth-order valence-electron chi connectivity index (χ4n) is 3.40. The summed E-state index contributed by atoms with van der Waals surface area (Å²) in [5.41, 5.74) is -0.0208. The number of rotatable bonds is 5. The molecule has 0 radical (unpaired) electrons. The van der Waals surface area contributed by atoms with Crippen molar-refractivity contribution in [1.29, 1.82) is 0 Å². The van der Waals surface area contributed by atoms with E-state index in [0.717, 1.165) is 23.1 Å². The number of ketones is 1. The fourth-order valence-corrected chi connectivity index (χ4v) is 4.15. The molecule has 1 saturated heterocycles. The summed E-state index contributed by atoms with van der Waals surface area (Å²) in [6.45, 7) is 0.928. The van der Waals surface area contributed by atoms with Crippen molar-refractivity contribution in [3.05, 3.63) is 63.1 Å². The topological polar surface area (TPSA) is 76.8 Å². The Kier molecular flexibility index (Phi) is 5.25. The Labute approximate surface area is 165 Å². The van der Waals surface area contributed by atoms with Gasteiger partial charge >= 0.3 is 5.63 Å². The molecule has 1 aromatic carbocycles. The highest BCUT2D eigenvalue weighted by molar-refractivity contribution is 7.12. The molecule has 28 heavy (non-hydrogen) atoms. The van der Waals surface area contributed by atoms with Crippen molar-refractivity contribution in [2.45, 2.75) is 12.8 Å². The van der Waals surface area contributed by atoms with Gasteiger partial charge in [-0.25, -0.2) is 4.79 Å². The monoisotopic (exact) mass is 397 g/mol. The van der Waals surface area contributed by atoms with Crippen LogP contribution in [0.1, 0.15) is 22.5 Å². The van der Waals surface area contributed by atoms with Crippen LogP contribution in [-0.4, -0.2) is 36.3 Å². The third-order valence-electron chi connectivity index (χ3n) is 4.87. The molecular weight excluding hydrogens is 378 g/mol. The van der Waals surface area contributed by atoms with Gasteiger partial charge in [-0.15, -0.1) is 11.3 Å². The predicted octanol–water partition coefficient (Wildman–Crippen LogP) is 3.35. The molecule has 7 heteroatoms. The van der Waals surface area contributed by atoms with E-state index in [-0.39, 0.29) is 24.2 Å². The Balaban J connectivity index is 1.38. The second-order valence-electron chi connectivity index (χ2n) is 6.76. The third kappa shape index (κ3) is 3.99. The number of amides is 1. The summed E-state index contributed by atoms with van der Waals surface area (Å²) in [7, 11) is 0. The van der Waals surface area contributed by atoms with Gasteiger partial charge in [-0.3, -0.25) is 9.59 Å². The van der Waals surface area contributed by atoms with E-state index in [1.165, 1.54) is 17.4 Å². The smallest absolute Gasteiger partial charge is 0.336 e. The second-order valence-corrected chi connectivity index (χ2v) is 7.71. The number of piperidine rings is 1. The van der Waals surface area contributed by atoms with E-state index in [9.17, 15) is 14.4 Å². The normalized spacial score (nSPS) is 16.9. The standard InChI is InChI=1S/C21H19NO5S/c23-19(13-26-16-7-5-14-6-8-20(24)27-17(14)11-16)22-9-1-3-15(12-22)21(25)18-4-2-10-28-18/h2,4-8,10-11,15H,1,3,9,12-13H2. The molecular formula is C21H19NO5S. The van der Waals surface area contributed by atoms with E-state index in [2.05, 4.69) is 0 Å². The van der Waals surface area contributed by atoms with E-state index in [1.807, 2.05) is 17.5 Å². The third-order valence-corrected chi connectivity index (χ3v) is 5.75. The number of thiophene rings is 1. The first-order valence-electron chi connectivity index (χ1n) is 9.12. The van der Waals surface area contributed by atoms with Crippen LogP contribution in [0.3, 0.4) is 0 Å². The van der Waals surface area contributed by atoms with Crippen LogP contribution in [0, 0.1) is 5.92 Å². The summed E-state index contributed by atoms with van der Waals surface area (Å²) in [5, 5.41) is 2.67. The van der Waals surface area contributed by atoms with Crippen LogP contribution in [0.15, 0.2) is 57.1 Å². The highest BCUT2D eigenvalue weighted by Gasteiger charge is 2.29. The molecule has 144 valence electrons. The molecule has 6 nitrogen and oxygen atoms in total. The van der Waals surface area contributed by atoms with E-state index in [1.54, 1.807) is 29.2 Å². The van der Waals surface area contributed by atoms with Crippen LogP contribution in [0.25, 0.3) is 11.0 Å². The largest absolute Gasteiger partial charge is 0.484 e. The molecule has 2 aromatic heterocycles. The molecule has 1 aliphatic heterocycles. The molecule has 3 heterocycles. The summed E-state index contributed by atoms with van der Waals surface area (Å²) in [5.74, 6) is 0.251. The number of Topliss-reactive ketones (excluding diaryl/α,β-unsaturated/α-hetero) is 1. The van der Waals surface area contributed by atoms with Crippen molar-refractivity contribution in [2.24, 2.45) is 5.92 Å². The maximum absolute atomic E-state index is 12.6. The van der Waals surface area contributed by atoms with Crippen molar-refractivity contribution in [2.75, 3.05) is 19.7 Å². The minimum absolute atomic E-state index is 0.109. The maximum atomic E-state index is 12.6. The molecule has 1 atom stereocenters. The maximum Gasteiger partial charge on any atom is 0.336 e. The Morgan fingerprint density at radius 3 is 2.89 bits per heavy atom.